The number of rotatable bonds is 11. The minimum Gasteiger partial charge on any atom is -0.357 e. The van der Waals surface area contributed by atoms with Crippen molar-refractivity contribution < 1.29 is 9.59 Å². The van der Waals surface area contributed by atoms with Crippen LogP contribution >= 0.6 is 27.7 Å². The van der Waals surface area contributed by atoms with E-state index in [1.165, 1.54) is 5.56 Å². The summed E-state index contributed by atoms with van der Waals surface area (Å²) in [5, 5.41) is 2.76. The molecule has 172 valence electrons. The summed E-state index contributed by atoms with van der Waals surface area (Å²) in [5.41, 5.74) is 3.25. The minimum atomic E-state index is -0.581. The quantitative estimate of drug-likeness (QED) is 0.339. The number of thioether (sulfide) groups is 1. The van der Waals surface area contributed by atoms with Crippen molar-refractivity contribution in [1.29, 1.82) is 0 Å². The van der Waals surface area contributed by atoms with Gasteiger partial charge >= 0.3 is 0 Å². The summed E-state index contributed by atoms with van der Waals surface area (Å²) in [5.74, 6) is 1.40. The second-order valence-electron chi connectivity index (χ2n) is 7.76. The van der Waals surface area contributed by atoms with E-state index in [2.05, 4.69) is 33.4 Å². The van der Waals surface area contributed by atoms with Gasteiger partial charge in [-0.2, -0.15) is 11.8 Å². The van der Waals surface area contributed by atoms with Crippen molar-refractivity contribution in [3.8, 4) is 0 Å². The first-order valence-electron chi connectivity index (χ1n) is 11.0. The summed E-state index contributed by atoms with van der Waals surface area (Å²) in [6.45, 7) is 0.381. The van der Waals surface area contributed by atoms with Crippen molar-refractivity contribution in [2.75, 3.05) is 12.8 Å². The number of hydrogen-bond acceptors (Lipinski definition) is 3. The lowest BCUT2D eigenvalue weighted by Gasteiger charge is -2.31. The summed E-state index contributed by atoms with van der Waals surface area (Å²) in [4.78, 5) is 28.1. The number of carbonyl (C=O) groups excluding carboxylic acids is 2. The standard InChI is InChI=1S/C27H29BrN2O2S/c1-29-27(32)25(18-21-9-4-2-5-10-21)30(19-23-13-8-14-24(28)17-23)26(31)15-16-33-20-22-11-6-3-7-12-22/h2-14,17,25H,15-16,18-20H2,1H3,(H,29,32)/t25-/m1/s1. The van der Waals surface area contributed by atoms with Gasteiger partial charge in [0, 0.05) is 42.4 Å². The zero-order valence-electron chi connectivity index (χ0n) is 18.7. The lowest BCUT2D eigenvalue weighted by molar-refractivity contribution is -0.140. The Bertz CT molecular complexity index is 1030. The highest BCUT2D eigenvalue weighted by atomic mass is 79.9. The molecule has 0 fully saturated rings. The zero-order chi connectivity index (χ0) is 23.5. The van der Waals surface area contributed by atoms with Gasteiger partial charge in [0.05, 0.1) is 0 Å². The Labute approximate surface area is 208 Å². The first-order valence-corrected chi connectivity index (χ1v) is 12.9. The average Bonchev–Trinajstić information content (AvgIpc) is 2.84. The largest absolute Gasteiger partial charge is 0.357 e. The van der Waals surface area contributed by atoms with Crippen LogP contribution in [0.1, 0.15) is 23.1 Å². The normalized spacial score (nSPS) is 11.6. The second-order valence-corrected chi connectivity index (χ2v) is 9.78. The number of benzene rings is 3. The molecule has 0 saturated heterocycles. The molecule has 0 aliphatic rings. The molecule has 0 spiro atoms. The maximum atomic E-state index is 13.4. The molecule has 1 atom stereocenters. The number of hydrogen-bond donors (Lipinski definition) is 1. The number of carbonyl (C=O) groups is 2. The van der Waals surface area contributed by atoms with Gasteiger partial charge in [0.2, 0.25) is 11.8 Å². The van der Waals surface area contributed by atoms with Gasteiger partial charge in [-0.15, -0.1) is 0 Å². The van der Waals surface area contributed by atoms with Gasteiger partial charge in [-0.1, -0.05) is 88.7 Å². The van der Waals surface area contributed by atoms with Crippen molar-refractivity contribution in [2.24, 2.45) is 0 Å². The predicted octanol–water partition coefficient (Wildman–Crippen LogP) is 5.46. The van der Waals surface area contributed by atoms with Crippen LogP contribution < -0.4 is 5.32 Å². The van der Waals surface area contributed by atoms with Gasteiger partial charge in [-0.3, -0.25) is 9.59 Å². The molecule has 6 heteroatoms. The Hall–Kier alpha value is -2.57. The van der Waals surface area contributed by atoms with Crippen molar-refractivity contribution >= 4 is 39.5 Å². The molecule has 0 aliphatic heterocycles. The Morgan fingerprint density at radius 2 is 1.55 bits per heavy atom. The van der Waals surface area contributed by atoms with Gasteiger partial charge in [-0.05, 0) is 28.8 Å². The van der Waals surface area contributed by atoms with Crippen LogP contribution in [0.15, 0.2) is 89.4 Å². The molecule has 0 unspecified atom stereocenters. The van der Waals surface area contributed by atoms with Gasteiger partial charge < -0.3 is 10.2 Å². The van der Waals surface area contributed by atoms with E-state index >= 15 is 0 Å². The maximum absolute atomic E-state index is 13.4. The van der Waals surface area contributed by atoms with Gasteiger partial charge in [0.15, 0.2) is 0 Å². The lowest BCUT2D eigenvalue weighted by Crippen LogP contribution is -2.49. The van der Waals surface area contributed by atoms with E-state index in [1.54, 1.807) is 23.7 Å². The van der Waals surface area contributed by atoms with Crippen LogP contribution in [-0.4, -0.2) is 35.6 Å². The monoisotopic (exact) mass is 524 g/mol. The van der Waals surface area contributed by atoms with Gasteiger partial charge in [0.25, 0.3) is 0 Å². The third-order valence-corrected chi connectivity index (χ3v) is 6.85. The summed E-state index contributed by atoms with van der Waals surface area (Å²) < 4.78 is 0.949. The molecule has 0 heterocycles. The van der Waals surface area contributed by atoms with Crippen molar-refractivity contribution in [3.05, 3.63) is 106 Å². The summed E-state index contributed by atoms with van der Waals surface area (Å²) in [6, 6.07) is 27.4. The SMILES string of the molecule is CNC(=O)[C@@H](Cc1ccccc1)N(Cc1cccc(Br)c1)C(=O)CCSCc1ccccc1. The van der Waals surface area contributed by atoms with Crippen LogP contribution in [0, 0.1) is 0 Å². The van der Waals surface area contributed by atoms with E-state index in [9.17, 15) is 9.59 Å². The fourth-order valence-corrected chi connectivity index (χ4v) is 4.96. The molecule has 0 bridgehead atoms. The van der Waals surface area contributed by atoms with E-state index in [0.29, 0.717) is 25.1 Å². The number of nitrogens with one attached hydrogen (secondary N) is 1. The molecule has 0 aromatic heterocycles. The van der Waals surface area contributed by atoms with Crippen LogP contribution in [0.3, 0.4) is 0 Å². The molecular formula is C27H29BrN2O2S. The maximum Gasteiger partial charge on any atom is 0.242 e. The third kappa shape index (κ3) is 8.06. The van der Waals surface area contributed by atoms with E-state index in [1.807, 2.05) is 72.8 Å². The van der Waals surface area contributed by atoms with E-state index < -0.39 is 6.04 Å². The molecular weight excluding hydrogens is 496 g/mol. The fraction of sp³-hybridized carbons (Fsp3) is 0.259. The molecule has 0 saturated carbocycles. The number of amides is 2. The topological polar surface area (TPSA) is 49.4 Å². The molecule has 3 aromatic carbocycles. The highest BCUT2D eigenvalue weighted by Gasteiger charge is 2.29. The first kappa shape index (κ1) is 25.1. The van der Waals surface area contributed by atoms with Crippen molar-refractivity contribution in [2.45, 2.75) is 31.2 Å². The lowest BCUT2D eigenvalue weighted by atomic mass is 10.0. The Balaban J connectivity index is 1.75. The molecule has 1 N–H and O–H groups in total. The molecule has 0 radical (unpaired) electrons. The number of likely N-dealkylation sites (N-methyl/N-ethyl adjacent to an activating group) is 1. The van der Waals surface area contributed by atoms with Crippen LogP contribution in [0.2, 0.25) is 0 Å². The Morgan fingerprint density at radius 1 is 0.909 bits per heavy atom. The summed E-state index contributed by atoms with van der Waals surface area (Å²) >= 11 is 5.25. The Kier molecular flexibility index (Phi) is 10.0. The number of nitrogens with zero attached hydrogens (tertiary/aromatic N) is 1. The Morgan fingerprint density at radius 3 is 2.18 bits per heavy atom. The molecule has 3 rings (SSSR count). The molecule has 33 heavy (non-hydrogen) atoms. The molecule has 0 aliphatic carbocycles. The highest BCUT2D eigenvalue weighted by Crippen LogP contribution is 2.20. The van der Waals surface area contributed by atoms with E-state index in [0.717, 1.165) is 21.4 Å². The van der Waals surface area contributed by atoms with Crippen molar-refractivity contribution in [1.82, 2.24) is 10.2 Å². The van der Waals surface area contributed by atoms with E-state index in [-0.39, 0.29) is 11.8 Å². The minimum absolute atomic E-state index is 0.0138. The van der Waals surface area contributed by atoms with Crippen LogP contribution in [0.5, 0.6) is 0 Å². The highest BCUT2D eigenvalue weighted by molar-refractivity contribution is 9.10. The molecule has 3 aromatic rings. The predicted molar refractivity (Wildman–Crippen MR) is 140 cm³/mol. The van der Waals surface area contributed by atoms with Crippen LogP contribution in [-0.2, 0) is 28.3 Å². The third-order valence-electron chi connectivity index (χ3n) is 5.33. The van der Waals surface area contributed by atoms with Crippen molar-refractivity contribution in [3.63, 3.8) is 0 Å². The van der Waals surface area contributed by atoms with Gasteiger partial charge in [-0.25, -0.2) is 0 Å². The van der Waals surface area contributed by atoms with Gasteiger partial charge in [0.1, 0.15) is 6.04 Å². The van der Waals surface area contributed by atoms with Crippen LogP contribution in [0.4, 0.5) is 0 Å². The number of halogens is 1. The molecule has 2 amide bonds. The smallest absolute Gasteiger partial charge is 0.242 e. The second kappa shape index (κ2) is 13.2. The average molecular weight is 526 g/mol. The molecule has 4 nitrogen and oxygen atoms in total. The van der Waals surface area contributed by atoms with Crippen LogP contribution in [0.25, 0.3) is 0 Å². The summed E-state index contributed by atoms with van der Waals surface area (Å²) in [7, 11) is 1.62. The summed E-state index contributed by atoms with van der Waals surface area (Å²) in [6.07, 6.45) is 0.852. The fourth-order valence-electron chi connectivity index (χ4n) is 3.62. The van der Waals surface area contributed by atoms with E-state index in [4.69, 9.17) is 0 Å². The zero-order valence-corrected chi connectivity index (χ0v) is 21.1. The first-order chi connectivity index (χ1) is 16.1.